The molecule has 3 N–H and O–H groups in total. The Balaban J connectivity index is 2.16. The number of nitrogens with two attached hydrogens (primary N) is 1. The van der Waals surface area contributed by atoms with E-state index in [1.54, 1.807) is 0 Å². The third-order valence-corrected chi connectivity index (χ3v) is 2.49. The molecule has 0 radical (unpaired) electrons. The lowest BCUT2D eigenvalue weighted by molar-refractivity contribution is 0.123. The van der Waals surface area contributed by atoms with E-state index in [-0.39, 0.29) is 0 Å². The predicted octanol–water partition coefficient (Wildman–Crippen LogP) is 1.80. The number of imidazole rings is 1. The molecule has 0 unspecified atom stereocenters. The predicted molar refractivity (Wildman–Crippen MR) is 62.5 cm³/mol. The average molecular weight is 270 g/mol. The first-order valence-corrected chi connectivity index (χ1v) is 5.51. The fraction of sp³-hybridized carbons (Fsp3) is 0.300. The first kappa shape index (κ1) is 10.6. The van der Waals surface area contributed by atoms with Crippen molar-refractivity contribution in [3.05, 3.63) is 28.5 Å². The quantitative estimate of drug-likeness (QED) is 0.833. The average Bonchev–Trinajstić information content (AvgIpc) is 2.60. The number of nitrogens with one attached hydrogen (secondary N) is 1. The van der Waals surface area contributed by atoms with E-state index in [4.69, 9.17) is 10.5 Å². The standard InChI is InChI=1S/C10H12BrN3O/c11-7-1-2-8-9(5-7)14-10(13-8)6-15-4-3-12/h1-2,5H,3-4,6,12H2,(H,13,14). The summed E-state index contributed by atoms with van der Waals surface area (Å²) in [5, 5.41) is 0. The van der Waals surface area contributed by atoms with Gasteiger partial charge in [0.1, 0.15) is 12.4 Å². The smallest absolute Gasteiger partial charge is 0.133 e. The van der Waals surface area contributed by atoms with Gasteiger partial charge in [-0.1, -0.05) is 15.9 Å². The van der Waals surface area contributed by atoms with E-state index in [9.17, 15) is 0 Å². The highest BCUT2D eigenvalue weighted by Crippen LogP contribution is 2.17. The van der Waals surface area contributed by atoms with E-state index in [2.05, 4.69) is 25.9 Å². The van der Waals surface area contributed by atoms with Crippen molar-refractivity contribution in [1.29, 1.82) is 0 Å². The second-order valence-electron chi connectivity index (χ2n) is 3.19. The van der Waals surface area contributed by atoms with Gasteiger partial charge in [0.15, 0.2) is 0 Å². The molecule has 1 aromatic heterocycles. The summed E-state index contributed by atoms with van der Waals surface area (Å²) in [7, 11) is 0. The van der Waals surface area contributed by atoms with Crippen molar-refractivity contribution < 1.29 is 4.74 Å². The Morgan fingerprint density at radius 3 is 3.13 bits per heavy atom. The molecule has 0 aliphatic heterocycles. The lowest BCUT2D eigenvalue weighted by Gasteiger charge is -1.97. The number of ether oxygens (including phenoxy) is 1. The van der Waals surface area contributed by atoms with Crippen LogP contribution in [0.15, 0.2) is 22.7 Å². The van der Waals surface area contributed by atoms with Crippen molar-refractivity contribution in [3.63, 3.8) is 0 Å². The molecule has 5 heteroatoms. The van der Waals surface area contributed by atoms with Crippen molar-refractivity contribution in [2.75, 3.05) is 13.2 Å². The molecule has 2 rings (SSSR count). The van der Waals surface area contributed by atoms with Gasteiger partial charge in [-0.3, -0.25) is 0 Å². The summed E-state index contributed by atoms with van der Waals surface area (Å²) in [5.41, 5.74) is 7.28. The summed E-state index contributed by atoms with van der Waals surface area (Å²) in [5.74, 6) is 0.830. The normalized spacial score (nSPS) is 11.1. The monoisotopic (exact) mass is 269 g/mol. The first-order valence-electron chi connectivity index (χ1n) is 4.71. The van der Waals surface area contributed by atoms with E-state index in [1.165, 1.54) is 0 Å². The van der Waals surface area contributed by atoms with Crippen molar-refractivity contribution in [1.82, 2.24) is 9.97 Å². The van der Waals surface area contributed by atoms with Crippen molar-refractivity contribution in [2.24, 2.45) is 5.73 Å². The number of halogens is 1. The Morgan fingerprint density at radius 1 is 1.47 bits per heavy atom. The van der Waals surface area contributed by atoms with Crippen LogP contribution in [-0.2, 0) is 11.3 Å². The van der Waals surface area contributed by atoms with Crippen molar-refractivity contribution >= 4 is 27.0 Å². The fourth-order valence-electron chi connectivity index (χ4n) is 1.36. The van der Waals surface area contributed by atoms with Gasteiger partial charge in [0.2, 0.25) is 0 Å². The highest BCUT2D eigenvalue weighted by atomic mass is 79.9. The fourth-order valence-corrected chi connectivity index (χ4v) is 1.72. The summed E-state index contributed by atoms with van der Waals surface area (Å²) in [4.78, 5) is 7.57. The minimum atomic E-state index is 0.476. The number of aromatic amines is 1. The maximum absolute atomic E-state index is 5.33. The van der Waals surface area contributed by atoms with E-state index in [0.717, 1.165) is 21.3 Å². The highest BCUT2D eigenvalue weighted by Gasteiger charge is 2.02. The third-order valence-electron chi connectivity index (χ3n) is 1.99. The summed E-state index contributed by atoms with van der Waals surface area (Å²) in [6.45, 7) is 1.57. The molecule has 15 heavy (non-hydrogen) atoms. The Hall–Kier alpha value is -0.910. The molecule has 0 aliphatic carbocycles. The van der Waals surface area contributed by atoms with E-state index >= 15 is 0 Å². The molecule has 1 aromatic carbocycles. The molecule has 0 saturated carbocycles. The van der Waals surface area contributed by atoms with Gasteiger partial charge >= 0.3 is 0 Å². The van der Waals surface area contributed by atoms with Crippen LogP contribution in [0.4, 0.5) is 0 Å². The van der Waals surface area contributed by atoms with Gasteiger partial charge in [0.25, 0.3) is 0 Å². The van der Waals surface area contributed by atoms with Crippen LogP contribution in [0.5, 0.6) is 0 Å². The van der Waals surface area contributed by atoms with E-state index in [1.807, 2.05) is 18.2 Å². The van der Waals surface area contributed by atoms with Crippen LogP contribution in [0, 0.1) is 0 Å². The third kappa shape index (κ3) is 2.56. The maximum atomic E-state index is 5.33. The Labute approximate surface area is 96.0 Å². The lowest BCUT2D eigenvalue weighted by atomic mass is 10.3. The van der Waals surface area contributed by atoms with E-state index < -0.39 is 0 Å². The van der Waals surface area contributed by atoms with Crippen LogP contribution in [0.25, 0.3) is 11.0 Å². The Morgan fingerprint density at radius 2 is 2.33 bits per heavy atom. The van der Waals surface area contributed by atoms with E-state index in [0.29, 0.717) is 19.8 Å². The summed E-state index contributed by atoms with van der Waals surface area (Å²) >= 11 is 3.41. The zero-order valence-electron chi connectivity index (χ0n) is 8.16. The zero-order valence-corrected chi connectivity index (χ0v) is 9.75. The molecule has 0 aliphatic rings. The molecule has 0 atom stereocenters. The topological polar surface area (TPSA) is 63.9 Å². The van der Waals surface area contributed by atoms with Crippen LogP contribution in [0.1, 0.15) is 5.82 Å². The first-order chi connectivity index (χ1) is 7.29. The zero-order chi connectivity index (χ0) is 10.7. The maximum Gasteiger partial charge on any atom is 0.133 e. The number of nitrogens with zero attached hydrogens (tertiary/aromatic N) is 1. The van der Waals surface area contributed by atoms with Crippen LogP contribution in [-0.4, -0.2) is 23.1 Å². The lowest BCUT2D eigenvalue weighted by Crippen LogP contribution is -2.08. The molecular formula is C10H12BrN3O. The number of hydrogen-bond acceptors (Lipinski definition) is 3. The van der Waals surface area contributed by atoms with Gasteiger partial charge in [0, 0.05) is 11.0 Å². The molecule has 0 saturated heterocycles. The van der Waals surface area contributed by atoms with Gasteiger partial charge < -0.3 is 15.5 Å². The molecular weight excluding hydrogens is 258 g/mol. The van der Waals surface area contributed by atoms with Crippen LogP contribution >= 0.6 is 15.9 Å². The number of hydrogen-bond donors (Lipinski definition) is 2. The molecule has 2 aromatic rings. The molecule has 4 nitrogen and oxygen atoms in total. The van der Waals surface area contributed by atoms with Gasteiger partial charge in [-0.05, 0) is 18.2 Å². The van der Waals surface area contributed by atoms with Crippen molar-refractivity contribution in [2.45, 2.75) is 6.61 Å². The number of benzene rings is 1. The summed E-state index contributed by atoms with van der Waals surface area (Å²) in [6, 6.07) is 5.92. The summed E-state index contributed by atoms with van der Waals surface area (Å²) < 4.78 is 6.33. The summed E-state index contributed by atoms with van der Waals surface area (Å²) in [6.07, 6.45) is 0. The molecule has 0 bridgehead atoms. The molecule has 1 heterocycles. The van der Waals surface area contributed by atoms with Crippen molar-refractivity contribution in [3.8, 4) is 0 Å². The Kier molecular flexibility index (Phi) is 3.35. The van der Waals surface area contributed by atoms with Crippen LogP contribution < -0.4 is 5.73 Å². The minimum Gasteiger partial charge on any atom is -0.372 e. The molecule has 0 amide bonds. The number of rotatable bonds is 4. The second kappa shape index (κ2) is 4.74. The Bertz CT molecular complexity index is 455. The van der Waals surface area contributed by atoms with Crippen LogP contribution in [0.3, 0.4) is 0 Å². The largest absolute Gasteiger partial charge is 0.372 e. The second-order valence-corrected chi connectivity index (χ2v) is 4.10. The number of H-pyrrole nitrogens is 1. The SMILES string of the molecule is NCCOCc1nc2ccc(Br)cc2[nH]1. The minimum absolute atomic E-state index is 0.476. The molecule has 0 spiro atoms. The number of aromatic nitrogens is 2. The molecule has 80 valence electrons. The molecule has 0 fully saturated rings. The van der Waals surface area contributed by atoms with Gasteiger partial charge in [0.05, 0.1) is 17.6 Å². The van der Waals surface area contributed by atoms with Gasteiger partial charge in [-0.2, -0.15) is 0 Å². The number of fused-ring (bicyclic) bond motifs is 1. The highest BCUT2D eigenvalue weighted by molar-refractivity contribution is 9.10. The van der Waals surface area contributed by atoms with Gasteiger partial charge in [-0.15, -0.1) is 0 Å². The van der Waals surface area contributed by atoms with Gasteiger partial charge in [-0.25, -0.2) is 4.98 Å². The van der Waals surface area contributed by atoms with Crippen LogP contribution in [0.2, 0.25) is 0 Å².